The Labute approximate surface area is 230 Å². The summed E-state index contributed by atoms with van der Waals surface area (Å²) >= 11 is 0. The molecule has 40 heavy (non-hydrogen) atoms. The average molecular weight is 537 g/mol. The van der Waals surface area contributed by atoms with Gasteiger partial charge in [0.25, 0.3) is 5.91 Å². The zero-order chi connectivity index (χ0) is 27.5. The fraction of sp³-hybridized carbons (Fsp3) is 0.276. The lowest BCUT2D eigenvalue weighted by Crippen LogP contribution is -2.47. The van der Waals surface area contributed by atoms with Gasteiger partial charge >= 0.3 is 0 Å². The van der Waals surface area contributed by atoms with Crippen LogP contribution in [0.5, 0.6) is 0 Å². The van der Waals surface area contributed by atoms with Crippen molar-refractivity contribution >= 4 is 28.4 Å². The molecule has 0 spiro atoms. The maximum absolute atomic E-state index is 14.1. The Bertz CT molecular complexity index is 1640. The molecular formula is C29H28N8O3. The Hall–Kier alpha value is -4.93. The Morgan fingerprint density at radius 2 is 1.90 bits per heavy atom. The summed E-state index contributed by atoms with van der Waals surface area (Å²) in [6, 6.07) is 15.7. The summed E-state index contributed by atoms with van der Waals surface area (Å²) in [6.45, 7) is 1.57. The van der Waals surface area contributed by atoms with Gasteiger partial charge in [-0.25, -0.2) is 0 Å². The molecule has 11 heteroatoms. The van der Waals surface area contributed by atoms with Crippen molar-refractivity contribution in [2.45, 2.75) is 51.2 Å². The van der Waals surface area contributed by atoms with E-state index < -0.39 is 11.9 Å². The van der Waals surface area contributed by atoms with Gasteiger partial charge < -0.3 is 9.73 Å². The first-order valence-corrected chi connectivity index (χ1v) is 13.3. The lowest BCUT2D eigenvalue weighted by atomic mass is 10.0. The van der Waals surface area contributed by atoms with Crippen LogP contribution in [-0.4, -0.2) is 48.0 Å². The van der Waals surface area contributed by atoms with Crippen LogP contribution in [-0.2, 0) is 16.1 Å². The normalized spacial score (nSPS) is 14.3. The number of carbonyl (C=O) groups is 2. The number of carbonyl (C=O) groups excluding carboxylic acids is 2. The summed E-state index contributed by atoms with van der Waals surface area (Å²) < 4.78 is 5.60. The molecule has 1 N–H and O–H groups in total. The summed E-state index contributed by atoms with van der Waals surface area (Å²) in [5.74, 6) is 0.769. The van der Waals surface area contributed by atoms with Crippen LogP contribution in [0, 0.1) is 6.92 Å². The number of nitrogens with zero attached hydrogens (tertiary/aromatic N) is 7. The number of nitrogens with one attached hydrogen (secondary N) is 1. The summed E-state index contributed by atoms with van der Waals surface area (Å²) in [5, 5.41) is 16.5. The molecule has 0 unspecified atom stereocenters. The summed E-state index contributed by atoms with van der Waals surface area (Å²) in [7, 11) is 0. The second kappa shape index (κ2) is 11.0. The molecule has 5 aromatic rings. The van der Waals surface area contributed by atoms with E-state index in [1.54, 1.807) is 42.9 Å². The van der Waals surface area contributed by atoms with E-state index in [2.05, 4.69) is 30.7 Å². The second-order valence-corrected chi connectivity index (χ2v) is 9.88. The molecule has 0 saturated heterocycles. The summed E-state index contributed by atoms with van der Waals surface area (Å²) in [6.07, 6.45) is 8.81. The minimum absolute atomic E-state index is 0.0693. The van der Waals surface area contributed by atoms with Crippen molar-refractivity contribution in [3.05, 3.63) is 84.5 Å². The zero-order valence-electron chi connectivity index (χ0n) is 22.0. The highest BCUT2D eigenvalue weighted by Crippen LogP contribution is 2.31. The number of hydrogen-bond acceptors (Lipinski definition) is 8. The molecule has 4 heterocycles. The third-order valence-corrected chi connectivity index (χ3v) is 7.04. The highest BCUT2D eigenvalue weighted by Gasteiger charge is 2.35. The SMILES string of the molecule is Cc1ccc(-c2nnn(CC(=O)N(c3cnc4ccccc4c3)[C@@H](C(=O)NC3CCCC3)c3ccncc3)n2)o1. The van der Waals surface area contributed by atoms with Gasteiger partial charge in [0, 0.05) is 23.8 Å². The number of hydrogen-bond donors (Lipinski definition) is 1. The number of anilines is 1. The number of amides is 2. The smallest absolute Gasteiger partial charge is 0.251 e. The monoisotopic (exact) mass is 536 g/mol. The van der Waals surface area contributed by atoms with E-state index in [0.717, 1.165) is 36.6 Å². The van der Waals surface area contributed by atoms with E-state index in [4.69, 9.17) is 4.42 Å². The summed E-state index contributed by atoms with van der Waals surface area (Å²) in [4.78, 5) is 39.4. The predicted molar refractivity (Wildman–Crippen MR) is 147 cm³/mol. The van der Waals surface area contributed by atoms with E-state index in [0.29, 0.717) is 22.8 Å². The second-order valence-electron chi connectivity index (χ2n) is 9.88. The lowest BCUT2D eigenvalue weighted by Gasteiger charge is -2.32. The number of benzene rings is 1. The van der Waals surface area contributed by atoms with Crippen molar-refractivity contribution in [1.82, 2.24) is 35.5 Å². The van der Waals surface area contributed by atoms with Gasteiger partial charge in [0.1, 0.15) is 18.3 Å². The van der Waals surface area contributed by atoms with E-state index in [9.17, 15) is 9.59 Å². The molecule has 1 aliphatic rings. The minimum atomic E-state index is -0.963. The van der Waals surface area contributed by atoms with Crippen LogP contribution < -0.4 is 10.2 Å². The Morgan fingerprint density at radius 3 is 2.67 bits per heavy atom. The first-order chi connectivity index (χ1) is 19.5. The van der Waals surface area contributed by atoms with Gasteiger partial charge in [-0.3, -0.25) is 24.5 Å². The van der Waals surface area contributed by atoms with Gasteiger partial charge in [-0.15, -0.1) is 10.2 Å². The van der Waals surface area contributed by atoms with Gasteiger partial charge in [0.05, 0.1) is 17.4 Å². The molecule has 202 valence electrons. The fourth-order valence-electron chi connectivity index (χ4n) is 5.10. The molecule has 2 amide bonds. The number of fused-ring (bicyclic) bond motifs is 1. The van der Waals surface area contributed by atoms with Crippen molar-refractivity contribution in [3.63, 3.8) is 0 Å². The largest absolute Gasteiger partial charge is 0.458 e. The van der Waals surface area contributed by atoms with E-state index >= 15 is 0 Å². The third kappa shape index (κ3) is 5.31. The van der Waals surface area contributed by atoms with Crippen molar-refractivity contribution in [2.75, 3.05) is 4.90 Å². The van der Waals surface area contributed by atoms with Gasteiger partial charge in [-0.2, -0.15) is 4.80 Å². The number of pyridine rings is 2. The van der Waals surface area contributed by atoms with Gasteiger partial charge in [0.2, 0.25) is 11.7 Å². The number of aryl methyl sites for hydroxylation is 1. The van der Waals surface area contributed by atoms with Crippen molar-refractivity contribution in [1.29, 1.82) is 0 Å². The molecule has 1 fully saturated rings. The topological polar surface area (TPSA) is 132 Å². The van der Waals surface area contributed by atoms with Crippen LogP contribution in [0.1, 0.15) is 43.0 Å². The van der Waals surface area contributed by atoms with Gasteiger partial charge in [0.15, 0.2) is 5.76 Å². The molecule has 0 radical (unpaired) electrons. The van der Waals surface area contributed by atoms with Crippen LogP contribution in [0.25, 0.3) is 22.5 Å². The zero-order valence-corrected chi connectivity index (χ0v) is 22.0. The quantitative estimate of drug-likeness (QED) is 0.315. The molecule has 0 bridgehead atoms. The number of para-hydroxylation sites is 1. The molecule has 1 aromatic carbocycles. The maximum Gasteiger partial charge on any atom is 0.251 e. The Balaban J connectivity index is 1.39. The average Bonchev–Trinajstić information content (AvgIpc) is 3.75. The number of tetrazole rings is 1. The predicted octanol–water partition coefficient (Wildman–Crippen LogP) is 4.02. The van der Waals surface area contributed by atoms with Crippen LogP contribution in [0.4, 0.5) is 5.69 Å². The van der Waals surface area contributed by atoms with Crippen molar-refractivity contribution in [3.8, 4) is 11.6 Å². The first-order valence-electron chi connectivity index (χ1n) is 13.3. The first kappa shape index (κ1) is 25.4. The van der Waals surface area contributed by atoms with Gasteiger partial charge in [-0.1, -0.05) is 31.0 Å². The van der Waals surface area contributed by atoms with E-state index in [1.807, 2.05) is 37.3 Å². The molecule has 1 aliphatic carbocycles. The third-order valence-electron chi connectivity index (χ3n) is 7.04. The van der Waals surface area contributed by atoms with Crippen LogP contribution in [0.15, 0.2) is 77.6 Å². The Kier molecular flexibility index (Phi) is 7.00. The van der Waals surface area contributed by atoms with Crippen LogP contribution in [0.2, 0.25) is 0 Å². The maximum atomic E-state index is 14.1. The highest BCUT2D eigenvalue weighted by molar-refractivity contribution is 6.02. The molecule has 0 aliphatic heterocycles. The van der Waals surface area contributed by atoms with Crippen molar-refractivity contribution in [2.24, 2.45) is 0 Å². The van der Waals surface area contributed by atoms with Crippen molar-refractivity contribution < 1.29 is 14.0 Å². The molecule has 1 saturated carbocycles. The number of furan rings is 1. The van der Waals surface area contributed by atoms with Crippen LogP contribution >= 0.6 is 0 Å². The highest BCUT2D eigenvalue weighted by atomic mass is 16.3. The lowest BCUT2D eigenvalue weighted by molar-refractivity contribution is -0.127. The van der Waals surface area contributed by atoms with E-state index in [-0.39, 0.29) is 24.3 Å². The van der Waals surface area contributed by atoms with E-state index in [1.165, 1.54) is 9.70 Å². The molecule has 6 rings (SSSR count). The standard InChI is InChI=1S/C29H28N8O3/c1-19-10-11-25(40-19)28-33-35-36(34-28)18-26(38)37(23-16-21-6-2-5-9-24(21)31-17-23)27(20-12-14-30-15-13-20)29(39)32-22-7-3-4-8-22/h2,5-6,9-17,22,27H,3-4,7-8,18H2,1H3,(H,32,39)/t27-/m1/s1. The molecule has 1 atom stereocenters. The minimum Gasteiger partial charge on any atom is -0.458 e. The number of rotatable bonds is 8. The van der Waals surface area contributed by atoms with Gasteiger partial charge in [-0.05, 0) is 66.9 Å². The Morgan fingerprint density at radius 1 is 1.10 bits per heavy atom. The molecule has 11 nitrogen and oxygen atoms in total. The fourth-order valence-corrected chi connectivity index (χ4v) is 5.10. The van der Waals surface area contributed by atoms with Crippen LogP contribution in [0.3, 0.4) is 0 Å². The molecular weight excluding hydrogens is 508 g/mol. The molecule has 4 aromatic heterocycles. The summed E-state index contributed by atoms with van der Waals surface area (Å²) in [5.41, 5.74) is 1.89. The number of aromatic nitrogens is 6.